The van der Waals surface area contributed by atoms with Gasteiger partial charge in [0.25, 0.3) is 0 Å². The number of aromatic nitrogens is 3. The Kier molecular flexibility index (Phi) is 8.94. The van der Waals surface area contributed by atoms with E-state index in [4.69, 9.17) is 4.74 Å². The number of aliphatic imine (C=N–C) groups is 1. The highest BCUT2D eigenvalue weighted by atomic mass is 127. The van der Waals surface area contributed by atoms with Gasteiger partial charge in [0.05, 0.1) is 19.7 Å². The van der Waals surface area contributed by atoms with Gasteiger partial charge >= 0.3 is 0 Å². The monoisotopic (exact) mass is 539 g/mol. The minimum Gasteiger partial charge on any atom is -0.497 e. The number of likely N-dealkylation sites (tertiary alicyclic amines) is 1. The molecule has 2 aliphatic rings. The van der Waals surface area contributed by atoms with E-state index in [-0.39, 0.29) is 24.0 Å². The van der Waals surface area contributed by atoms with E-state index in [1.165, 1.54) is 31.2 Å². The molecule has 1 aromatic carbocycles. The summed E-state index contributed by atoms with van der Waals surface area (Å²) < 4.78 is 7.57. The van der Waals surface area contributed by atoms with Gasteiger partial charge in [-0.05, 0) is 56.5 Å². The molecule has 0 amide bonds. The Bertz CT molecular complexity index is 846. The first-order valence-electron chi connectivity index (χ1n) is 11.0. The van der Waals surface area contributed by atoms with E-state index in [0.29, 0.717) is 12.6 Å². The van der Waals surface area contributed by atoms with E-state index in [2.05, 4.69) is 47.4 Å². The number of hydrogen-bond acceptors (Lipinski definition) is 5. The normalized spacial score (nSPS) is 17.5. The summed E-state index contributed by atoms with van der Waals surface area (Å²) in [4.78, 5) is 6.97. The fraction of sp³-hybridized carbons (Fsp3) is 0.591. The first-order valence-corrected chi connectivity index (χ1v) is 11.0. The number of hydrogen-bond donors (Lipinski definition) is 2. The quantitative estimate of drug-likeness (QED) is 0.320. The van der Waals surface area contributed by atoms with Crippen LogP contribution in [-0.2, 0) is 19.5 Å². The largest absolute Gasteiger partial charge is 0.497 e. The van der Waals surface area contributed by atoms with Crippen molar-refractivity contribution in [2.75, 3.05) is 33.8 Å². The summed E-state index contributed by atoms with van der Waals surface area (Å²) in [5.74, 6) is 3.77. The molecule has 9 heteroatoms. The molecule has 2 aromatic rings. The molecule has 1 unspecified atom stereocenters. The fourth-order valence-electron chi connectivity index (χ4n) is 4.41. The maximum atomic E-state index is 5.33. The van der Waals surface area contributed by atoms with Crippen molar-refractivity contribution in [3.63, 3.8) is 0 Å². The van der Waals surface area contributed by atoms with Crippen LogP contribution in [-0.4, -0.2) is 59.4 Å². The Morgan fingerprint density at radius 2 is 1.81 bits per heavy atom. The van der Waals surface area contributed by atoms with Gasteiger partial charge in [-0.2, -0.15) is 0 Å². The zero-order valence-corrected chi connectivity index (χ0v) is 20.8. The van der Waals surface area contributed by atoms with Crippen LogP contribution in [0.1, 0.15) is 48.9 Å². The van der Waals surface area contributed by atoms with Gasteiger partial charge < -0.3 is 19.9 Å². The number of nitrogens with one attached hydrogen (secondary N) is 2. The standard InChI is InChI=1S/C22H33N7O.HI/c1-23-22(25-16-21-27-26-20-7-3-4-14-29(20)21)24-15-19(28-12-5-6-13-28)17-8-10-18(30-2)11-9-17;/h8-11,19H,3-7,12-16H2,1-2H3,(H2,23,24,25);1H. The number of methoxy groups -OCH3 is 1. The summed E-state index contributed by atoms with van der Waals surface area (Å²) in [7, 11) is 3.52. The molecule has 3 heterocycles. The maximum absolute atomic E-state index is 5.33. The first kappa shape index (κ1) is 23.8. The Morgan fingerprint density at radius 3 is 2.52 bits per heavy atom. The minimum absolute atomic E-state index is 0. The predicted octanol–water partition coefficient (Wildman–Crippen LogP) is 2.74. The number of guanidine groups is 1. The van der Waals surface area contributed by atoms with Crippen molar-refractivity contribution in [3.8, 4) is 5.75 Å². The SMILES string of the molecule is CN=C(NCc1nnc2n1CCCC2)NCC(c1ccc(OC)cc1)N1CCCC1.I. The van der Waals surface area contributed by atoms with E-state index < -0.39 is 0 Å². The van der Waals surface area contributed by atoms with Crippen molar-refractivity contribution in [3.05, 3.63) is 41.5 Å². The fourth-order valence-corrected chi connectivity index (χ4v) is 4.41. The lowest BCUT2D eigenvalue weighted by atomic mass is 10.1. The third-order valence-corrected chi connectivity index (χ3v) is 6.12. The lowest BCUT2D eigenvalue weighted by molar-refractivity contribution is 0.245. The zero-order valence-electron chi connectivity index (χ0n) is 18.5. The van der Waals surface area contributed by atoms with Gasteiger partial charge in [-0.25, -0.2) is 0 Å². The van der Waals surface area contributed by atoms with E-state index in [1.807, 2.05) is 19.2 Å². The highest BCUT2D eigenvalue weighted by Gasteiger charge is 2.24. The number of fused-ring (bicyclic) bond motifs is 1. The van der Waals surface area contributed by atoms with Gasteiger partial charge in [-0.3, -0.25) is 9.89 Å². The summed E-state index contributed by atoms with van der Waals surface area (Å²) in [6.07, 6.45) is 5.96. The van der Waals surface area contributed by atoms with Gasteiger partial charge in [0.2, 0.25) is 0 Å². The number of aryl methyl sites for hydroxylation is 1. The average molecular weight is 539 g/mol. The van der Waals surface area contributed by atoms with Crippen molar-refractivity contribution in [2.24, 2.45) is 4.99 Å². The lowest BCUT2D eigenvalue weighted by Crippen LogP contribution is -2.42. The van der Waals surface area contributed by atoms with Crippen LogP contribution in [0.4, 0.5) is 0 Å². The molecule has 0 spiro atoms. The van der Waals surface area contributed by atoms with Crippen LogP contribution in [0.2, 0.25) is 0 Å². The average Bonchev–Trinajstić information content (AvgIpc) is 3.47. The third-order valence-electron chi connectivity index (χ3n) is 6.12. The molecule has 4 rings (SSSR count). The van der Waals surface area contributed by atoms with E-state index >= 15 is 0 Å². The number of rotatable bonds is 7. The van der Waals surface area contributed by atoms with Crippen molar-refractivity contribution in [1.29, 1.82) is 0 Å². The topological polar surface area (TPSA) is 79.6 Å². The van der Waals surface area contributed by atoms with Crippen LogP contribution < -0.4 is 15.4 Å². The smallest absolute Gasteiger partial charge is 0.191 e. The summed E-state index contributed by atoms with van der Waals surface area (Å²) in [6.45, 7) is 4.71. The van der Waals surface area contributed by atoms with Crippen LogP contribution in [0.3, 0.4) is 0 Å². The number of halogens is 1. The van der Waals surface area contributed by atoms with Crippen LogP contribution in [0, 0.1) is 0 Å². The molecule has 31 heavy (non-hydrogen) atoms. The van der Waals surface area contributed by atoms with Gasteiger partial charge in [0.1, 0.15) is 11.6 Å². The first-order chi connectivity index (χ1) is 14.8. The van der Waals surface area contributed by atoms with Crippen molar-refractivity contribution >= 4 is 29.9 Å². The summed E-state index contributed by atoms with van der Waals surface area (Å²) in [5, 5.41) is 15.6. The van der Waals surface area contributed by atoms with Gasteiger partial charge in [0.15, 0.2) is 11.8 Å². The van der Waals surface area contributed by atoms with Crippen LogP contribution in [0.25, 0.3) is 0 Å². The highest BCUT2D eigenvalue weighted by Crippen LogP contribution is 2.26. The molecular weight excluding hydrogens is 505 g/mol. The maximum Gasteiger partial charge on any atom is 0.191 e. The second kappa shape index (κ2) is 11.7. The second-order valence-electron chi connectivity index (χ2n) is 7.98. The molecule has 1 saturated heterocycles. The number of ether oxygens (including phenoxy) is 1. The van der Waals surface area contributed by atoms with E-state index in [0.717, 1.165) is 56.0 Å². The summed E-state index contributed by atoms with van der Waals surface area (Å²) in [6, 6.07) is 8.72. The van der Waals surface area contributed by atoms with Crippen LogP contribution in [0.15, 0.2) is 29.3 Å². The number of nitrogens with zero attached hydrogens (tertiary/aromatic N) is 5. The highest BCUT2D eigenvalue weighted by molar-refractivity contribution is 14.0. The molecule has 2 aliphatic heterocycles. The van der Waals surface area contributed by atoms with Crippen molar-refractivity contribution in [2.45, 2.75) is 51.2 Å². The molecule has 170 valence electrons. The van der Waals surface area contributed by atoms with Crippen LogP contribution >= 0.6 is 24.0 Å². The molecule has 0 saturated carbocycles. The summed E-state index contributed by atoms with van der Waals surface area (Å²) >= 11 is 0. The minimum atomic E-state index is 0. The molecule has 0 bridgehead atoms. The van der Waals surface area contributed by atoms with E-state index in [9.17, 15) is 0 Å². The van der Waals surface area contributed by atoms with E-state index in [1.54, 1.807) is 7.11 Å². The van der Waals surface area contributed by atoms with Crippen LogP contribution in [0.5, 0.6) is 5.75 Å². The zero-order chi connectivity index (χ0) is 20.8. The Morgan fingerprint density at radius 1 is 1.06 bits per heavy atom. The molecule has 0 aliphatic carbocycles. The molecule has 1 atom stereocenters. The molecule has 1 fully saturated rings. The van der Waals surface area contributed by atoms with Crippen molar-refractivity contribution in [1.82, 2.24) is 30.3 Å². The second-order valence-corrected chi connectivity index (χ2v) is 7.98. The van der Waals surface area contributed by atoms with Crippen molar-refractivity contribution < 1.29 is 4.74 Å². The lowest BCUT2D eigenvalue weighted by Gasteiger charge is -2.29. The van der Waals surface area contributed by atoms with Gasteiger partial charge in [-0.1, -0.05) is 12.1 Å². The Hall–Kier alpha value is -1.88. The molecular formula is C22H34IN7O. The summed E-state index contributed by atoms with van der Waals surface area (Å²) in [5.41, 5.74) is 1.30. The predicted molar refractivity (Wildman–Crippen MR) is 133 cm³/mol. The molecule has 0 radical (unpaired) electrons. The molecule has 8 nitrogen and oxygen atoms in total. The Balaban J connectivity index is 0.00000272. The van der Waals surface area contributed by atoms with Gasteiger partial charge in [-0.15, -0.1) is 34.2 Å². The molecule has 2 N–H and O–H groups in total. The number of benzene rings is 1. The third kappa shape index (κ3) is 5.88. The molecule has 1 aromatic heterocycles. The van der Waals surface area contributed by atoms with Gasteiger partial charge in [0, 0.05) is 26.6 Å². The Labute approximate surface area is 201 Å².